The third-order valence-electron chi connectivity index (χ3n) is 4.56. The highest BCUT2D eigenvalue weighted by molar-refractivity contribution is 5.50. The Balaban J connectivity index is 2.33. The second-order valence-electron chi connectivity index (χ2n) is 7.37. The summed E-state index contributed by atoms with van der Waals surface area (Å²) in [7, 11) is 4.10. The molecule has 1 aliphatic carbocycles. The SMILES string of the molecule is CNc1cc(N(C)C2CCCCC2C)nc(C(C)(C)C)n1. The van der Waals surface area contributed by atoms with Crippen molar-refractivity contribution in [2.45, 2.75) is 64.8 Å². The van der Waals surface area contributed by atoms with E-state index in [0.717, 1.165) is 23.4 Å². The molecule has 0 aromatic carbocycles. The number of anilines is 2. The zero-order valence-electron chi connectivity index (χ0n) is 14.4. The van der Waals surface area contributed by atoms with E-state index in [4.69, 9.17) is 4.98 Å². The summed E-state index contributed by atoms with van der Waals surface area (Å²) in [5, 5.41) is 3.17. The quantitative estimate of drug-likeness (QED) is 0.918. The van der Waals surface area contributed by atoms with Crippen LogP contribution in [0.1, 0.15) is 59.2 Å². The molecular weight excluding hydrogens is 260 g/mol. The maximum atomic E-state index is 4.84. The lowest BCUT2D eigenvalue weighted by molar-refractivity contribution is 0.320. The first-order valence-corrected chi connectivity index (χ1v) is 8.13. The van der Waals surface area contributed by atoms with Crippen LogP contribution in [0.4, 0.5) is 11.6 Å². The third kappa shape index (κ3) is 3.66. The van der Waals surface area contributed by atoms with Crippen LogP contribution in [0.15, 0.2) is 6.07 Å². The minimum Gasteiger partial charge on any atom is -0.373 e. The lowest BCUT2D eigenvalue weighted by Crippen LogP contribution is -2.39. The van der Waals surface area contributed by atoms with E-state index in [1.807, 2.05) is 7.05 Å². The molecule has 21 heavy (non-hydrogen) atoms. The molecule has 0 bridgehead atoms. The minimum absolute atomic E-state index is 0.0410. The Kier molecular flexibility index (Phi) is 4.74. The molecule has 118 valence electrons. The fourth-order valence-corrected chi connectivity index (χ4v) is 3.12. The van der Waals surface area contributed by atoms with Gasteiger partial charge >= 0.3 is 0 Å². The summed E-state index contributed by atoms with van der Waals surface area (Å²) < 4.78 is 0. The molecule has 0 aliphatic heterocycles. The predicted octanol–water partition coefficient (Wildman–Crippen LogP) is 3.83. The smallest absolute Gasteiger partial charge is 0.138 e. The average molecular weight is 290 g/mol. The van der Waals surface area contributed by atoms with Crippen LogP contribution >= 0.6 is 0 Å². The molecule has 1 saturated carbocycles. The van der Waals surface area contributed by atoms with Crippen molar-refractivity contribution in [3.63, 3.8) is 0 Å². The summed E-state index contributed by atoms with van der Waals surface area (Å²) in [6.07, 6.45) is 5.28. The highest BCUT2D eigenvalue weighted by Crippen LogP contribution is 2.31. The van der Waals surface area contributed by atoms with E-state index < -0.39 is 0 Å². The zero-order valence-corrected chi connectivity index (χ0v) is 14.4. The summed E-state index contributed by atoms with van der Waals surface area (Å²) in [5.74, 6) is 3.58. The van der Waals surface area contributed by atoms with Gasteiger partial charge in [0.05, 0.1) is 0 Å². The molecule has 2 atom stereocenters. The topological polar surface area (TPSA) is 41.0 Å². The van der Waals surface area contributed by atoms with Gasteiger partial charge in [0.1, 0.15) is 17.5 Å². The molecule has 0 spiro atoms. The van der Waals surface area contributed by atoms with Crippen LogP contribution in [0.5, 0.6) is 0 Å². The molecule has 2 rings (SSSR count). The maximum Gasteiger partial charge on any atom is 0.138 e. The highest BCUT2D eigenvalue weighted by atomic mass is 15.2. The van der Waals surface area contributed by atoms with E-state index in [2.05, 4.69) is 56.0 Å². The van der Waals surface area contributed by atoms with Crippen molar-refractivity contribution < 1.29 is 0 Å². The molecule has 1 N–H and O–H groups in total. The molecule has 0 radical (unpaired) electrons. The molecule has 1 fully saturated rings. The standard InChI is InChI=1S/C17H30N4/c1-12-9-7-8-10-13(12)21(6)15-11-14(18-5)19-16(20-15)17(2,3)4/h11-13H,7-10H2,1-6H3,(H,18,19,20). The second-order valence-corrected chi connectivity index (χ2v) is 7.37. The molecule has 1 aromatic heterocycles. The monoisotopic (exact) mass is 290 g/mol. The summed E-state index contributed by atoms with van der Waals surface area (Å²) >= 11 is 0. The van der Waals surface area contributed by atoms with Gasteiger partial charge in [0.15, 0.2) is 0 Å². The van der Waals surface area contributed by atoms with Gasteiger partial charge in [-0.3, -0.25) is 0 Å². The van der Waals surface area contributed by atoms with Crippen molar-refractivity contribution in [1.29, 1.82) is 0 Å². The second kappa shape index (κ2) is 6.20. The molecule has 4 nitrogen and oxygen atoms in total. The summed E-state index contributed by atoms with van der Waals surface area (Å²) in [6, 6.07) is 2.66. The van der Waals surface area contributed by atoms with E-state index >= 15 is 0 Å². The van der Waals surface area contributed by atoms with Crippen molar-refractivity contribution in [2.75, 3.05) is 24.3 Å². The van der Waals surface area contributed by atoms with Crippen molar-refractivity contribution in [3.05, 3.63) is 11.9 Å². The van der Waals surface area contributed by atoms with Gasteiger partial charge in [-0.05, 0) is 18.8 Å². The number of aromatic nitrogens is 2. The van der Waals surface area contributed by atoms with Gasteiger partial charge < -0.3 is 10.2 Å². The first kappa shape index (κ1) is 16.1. The Hall–Kier alpha value is -1.32. The molecule has 0 amide bonds. The lowest BCUT2D eigenvalue weighted by Gasteiger charge is -2.37. The molecule has 1 heterocycles. The molecular formula is C17H30N4. The van der Waals surface area contributed by atoms with Crippen LogP contribution in [0.25, 0.3) is 0 Å². The number of nitrogens with one attached hydrogen (secondary N) is 1. The first-order chi connectivity index (χ1) is 9.82. The minimum atomic E-state index is -0.0410. The van der Waals surface area contributed by atoms with Gasteiger partial charge in [0.25, 0.3) is 0 Å². The Morgan fingerprint density at radius 3 is 2.43 bits per heavy atom. The van der Waals surface area contributed by atoms with Gasteiger partial charge in [-0.25, -0.2) is 9.97 Å². The van der Waals surface area contributed by atoms with Gasteiger partial charge in [0, 0.05) is 31.6 Å². The molecule has 0 saturated heterocycles. The van der Waals surface area contributed by atoms with Crippen LogP contribution in [-0.2, 0) is 5.41 Å². The van der Waals surface area contributed by atoms with Gasteiger partial charge in [0.2, 0.25) is 0 Å². The Bertz CT molecular complexity index is 478. The van der Waals surface area contributed by atoms with Gasteiger partial charge in [-0.2, -0.15) is 0 Å². The normalized spacial score (nSPS) is 23.0. The van der Waals surface area contributed by atoms with Crippen LogP contribution in [-0.4, -0.2) is 30.1 Å². The number of hydrogen-bond donors (Lipinski definition) is 1. The average Bonchev–Trinajstić information content (AvgIpc) is 2.45. The van der Waals surface area contributed by atoms with Crippen molar-refractivity contribution in [2.24, 2.45) is 5.92 Å². The fraction of sp³-hybridized carbons (Fsp3) is 0.765. The van der Waals surface area contributed by atoms with E-state index in [9.17, 15) is 0 Å². The maximum absolute atomic E-state index is 4.84. The van der Waals surface area contributed by atoms with E-state index in [-0.39, 0.29) is 5.41 Å². The van der Waals surface area contributed by atoms with E-state index in [1.54, 1.807) is 0 Å². The molecule has 1 aliphatic rings. The zero-order chi connectivity index (χ0) is 15.6. The van der Waals surface area contributed by atoms with E-state index in [1.165, 1.54) is 25.7 Å². The number of rotatable bonds is 3. The van der Waals surface area contributed by atoms with Crippen molar-refractivity contribution in [3.8, 4) is 0 Å². The highest BCUT2D eigenvalue weighted by Gasteiger charge is 2.27. The van der Waals surface area contributed by atoms with Gasteiger partial charge in [-0.15, -0.1) is 0 Å². The summed E-state index contributed by atoms with van der Waals surface area (Å²) in [5.41, 5.74) is -0.0410. The Labute approximate surface area is 129 Å². The van der Waals surface area contributed by atoms with E-state index in [0.29, 0.717) is 6.04 Å². The fourth-order valence-electron chi connectivity index (χ4n) is 3.12. The number of hydrogen-bond acceptors (Lipinski definition) is 4. The van der Waals surface area contributed by atoms with Crippen LogP contribution < -0.4 is 10.2 Å². The molecule has 1 aromatic rings. The third-order valence-corrected chi connectivity index (χ3v) is 4.56. The lowest BCUT2D eigenvalue weighted by atomic mass is 9.85. The summed E-state index contributed by atoms with van der Waals surface area (Å²) in [4.78, 5) is 11.8. The van der Waals surface area contributed by atoms with Crippen molar-refractivity contribution in [1.82, 2.24) is 9.97 Å². The van der Waals surface area contributed by atoms with Crippen LogP contribution in [0.2, 0.25) is 0 Å². The predicted molar refractivity (Wildman–Crippen MR) is 90.1 cm³/mol. The van der Waals surface area contributed by atoms with Gasteiger partial charge in [-0.1, -0.05) is 40.5 Å². The van der Waals surface area contributed by atoms with Crippen LogP contribution in [0, 0.1) is 5.92 Å². The number of nitrogens with zero attached hydrogens (tertiary/aromatic N) is 3. The van der Waals surface area contributed by atoms with Crippen molar-refractivity contribution >= 4 is 11.6 Å². The summed E-state index contributed by atoms with van der Waals surface area (Å²) in [6.45, 7) is 8.85. The van der Waals surface area contributed by atoms with Crippen LogP contribution in [0.3, 0.4) is 0 Å². The molecule has 4 heteroatoms. The Morgan fingerprint density at radius 2 is 1.86 bits per heavy atom. The largest absolute Gasteiger partial charge is 0.373 e. The molecule has 2 unspecified atom stereocenters. The first-order valence-electron chi connectivity index (χ1n) is 8.13. The Morgan fingerprint density at radius 1 is 1.19 bits per heavy atom.